The molecule has 0 aliphatic carbocycles. The van der Waals surface area contributed by atoms with Gasteiger partial charge in [-0.3, -0.25) is 0 Å². The first-order valence-electron chi connectivity index (χ1n) is 9.04. The number of rotatable bonds is 5. The number of para-hydroxylation sites is 1. The smallest absolute Gasteiger partial charge is 0.122 e. The van der Waals surface area contributed by atoms with E-state index in [1.54, 1.807) is 7.11 Å². The first kappa shape index (κ1) is 16.7. The number of ether oxygens (including phenoxy) is 1. The molecule has 132 valence electrons. The van der Waals surface area contributed by atoms with E-state index in [-0.39, 0.29) is 5.92 Å². The van der Waals surface area contributed by atoms with Gasteiger partial charge in [-0.2, -0.15) is 0 Å². The van der Waals surface area contributed by atoms with Crippen molar-refractivity contribution in [2.24, 2.45) is 5.73 Å². The molecule has 1 heterocycles. The molecule has 1 unspecified atom stereocenters. The Morgan fingerprint density at radius 1 is 0.962 bits per heavy atom. The van der Waals surface area contributed by atoms with Gasteiger partial charge in [0.2, 0.25) is 0 Å². The molecule has 3 N–H and O–H groups in total. The molecule has 0 fully saturated rings. The highest BCUT2D eigenvalue weighted by Crippen LogP contribution is 2.36. The van der Waals surface area contributed by atoms with Gasteiger partial charge in [0, 0.05) is 28.1 Å². The summed E-state index contributed by atoms with van der Waals surface area (Å²) in [6, 6.07) is 21.1. The van der Waals surface area contributed by atoms with Gasteiger partial charge in [-0.25, -0.2) is 0 Å². The zero-order chi connectivity index (χ0) is 18.1. The van der Waals surface area contributed by atoms with Crippen molar-refractivity contribution in [3.8, 4) is 5.75 Å². The van der Waals surface area contributed by atoms with Crippen LogP contribution in [0.1, 0.15) is 22.7 Å². The van der Waals surface area contributed by atoms with Gasteiger partial charge in [-0.1, -0.05) is 48.5 Å². The Balaban J connectivity index is 1.85. The molecular weight excluding hydrogens is 320 g/mol. The van der Waals surface area contributed by atoms with Crippen LogP contribution in [0.15, 0.2) is 60.7 Å². The first-order valence-corrected chi connectivity index (χ1v) is 9.04. The van der Waals surface area contributed by atoms with Crippen LogP contribution in [0.25, 0.3) is 21.7 Å². The summed E-state index contributed by atoms with van der Waals surface area (Å²) in [5, 5.41) is 3.73. The normalized spacial score (nSPS) is 12.6. The Bertz CT molecular complexity index is 1060. The van der Waals surface area contributed by atoms with E-state index in [2.05, 4.69) is 72.6 Å². The minimum Gasteiger partial charge on any atom is -0.496 e. The molecule has 4 aromatic rings. The van der Waals surface area contributed by atoms with E-state index in [1.807, 2.05) is 0 Å². The summed E-state index contributed by atoms with van der Waals surface area (Å²) in [5.74, 6) is 1.16. The van der Waals surface area contributed by atoms with Crippen molar-refractivity contribution < 1.29 is 4.74 Å². The number of hydrogen-bond acceptors (Lipinski definition) is 2. The number of nitrogens with two attached hydrogens (primary N) is 1. The van der Waals surface area contributed by atoms with Gasteiger partial charge in [0.25, 0.3) is 0 Å². The topological polar surface area (TPSA) is 51.0 Å². The van der Waals surface area contributed by atoms with Gasteiger partial charge in [-0.15, -0.1) is 0 Å². The van der Waals surface area contributed by atoms with Crippen LogP contribution >= 0.6 is 0 Å². The van der Waals surface area contributed by atoms with Crippen molar-refractivity contribution in [1.82, 2.24) is 4.98 Å². The largest absolute Gasteiger partial charge is 0.496 e. The number of benzene rings is 3. The molecule has 0 bridgehead atoms. The first-order chi connectivity index (χ1) is 12.7. The Morgan fingerprint density at radius 3 is 2.46 bits per heavy atom. The van der Waals surface area contributed by atoms with Gasteiger partial charge in [0.15, 0.2) is 0 Å². The zero-order valence-electron chi connectivity index (χ0n) is 15.3. The average Bonchev–Trinajstić information content (AvgIpc) is 3.01. The van der Waals surface area contributed by atoms with Crippen molar-refractivity contribution >= 4 is 21.7 Å². The molecule has 0 saturated carbocycles. The number of aromatic amines is 1. The molecule has 26 heavy (non-hydrogen) atoms. The summed E-state index contributed by atoms with van der Waals surface area (Å²) in [5.41, 5.74) is 11.2. The Kier molecular flexibility index (Phi) is 4.39. The number of hydrogen-bond donors (Lipinski definition) is 2. The van der Waals surface area contributed by atoms with Crippen molar-refractivity contribution in [3.05, 3.63) is 77.5 Å². The van der Waals surface area contributed by atoms with Crippen LogP contribution < -0.4 is 10.5 Å². The molecule has 0 spiro atoms. The SMILES string of the molecule is COc1ccc2ccccc2c1CC(CN)c1c(C)[nH]c2ccccc12. The second kappa shape index (κ2) is 6.85. The molecule has 0 aliphatic heterocycles. The number of methoxy groups -OCH3 is 1. The van der Waals surface area contributed by atoms with Crippen LogP contribution in [-0.4, -0.2) is 18.6 Å². The van der Waals surface area contributed by atoms with Crippen LogP contribution in [0.2, 0.25) is 0 Å². The van der Waals surface area contributed by atoms with E-state index < -0.39 is 0 Å². The zero-order valence-corrected chi connectivity index (χ0v) is 15.3. The van der Waals surface area contributed by atoms with Gasteiger partial charge >= 0.3 is 0 Å². The van der Waals surface area contributed by atoms with E-state index in [1.165, 1.54) is 38.5 Å². The quantitative estimate of drug-likeness (QED) is 0.540. The number of aromatic nitrogens is 1. The molecule has 3 heteroatoms. The molecule has 3 nitrogen and oxygen atoms in total. The third kappa shape index (κ3) is 2.74. The van der Waals surface area contributed by atoms with Crippen molar-refractivity contribution in [3.63, 3.8) is 0 Å². The monoisotopic (exact) mass is 344 g/mol. The maximum Gasteiger partial charge on any atom is 0.122 e. The highest BCUT2D eigenvalue weighted by Gasteiger charge is 2.21. The third-order valence-corrected chi connectivity index (χ3v) is 5.30. The van der Waals surface area contributed by atoms with E-state index in [0.717, 1.165) is 12.2 Å². The average molecular weight is 344 g/mol. The molecule has 0 aliphatic rings. The lowest BCUT2D eigenvalue weighted by Crippen LogP contribution is -2.16. The lowest BCUT2D eigenvalue weighted by molar-refractivity contribution is 0.409. The third-order valence-electron chi connectivity index (χ3n) is 5.30. The fraction of sp³-hybridized carbons (Fsp3) is 0.217. The predicted octanol–water partition coefficient (Wildman–Crippen LogP) is 4.92. The minimum absolute atomic E-state index is 0.228. The highest BCUT2D eigenvalue weighted by atomic mass is 16.5. The van der Waals surface area contributed by atoms with E-state index in [9.17, 15) is 0 Å². The molecule has 1 aromatic heterocycles. The number of fused-ring (bicyclic) bond motifs is 2. The fourth-order valence-corrected chi connectivity index (χ4v) is 4.09. The summed E-state index contributed by atoms with van der Waals surface area (Å²) in [7, 11) is 1.74. The molecule has 0 radical (unpaired) electrons. The lowest BCUT2D eigenvalue weighted by atomic mass is 9.87. The Morgan fingerprint density at radius 2 is 1.69 bits per heavy atom. The summed E-state index contributed by atoms with van der Waals surface area (Å²) in [6.07, 6.45) is 0.851. The maximum atomic E-state index is 6.25. The summed E-state index contributed by atoms with van der Waals surface area (Å²) in [6.45, 7) is 2.73. The predicted molar refractivity (Wildman–Crippen MR) is 109 cm³/mol. The van der Waals surface area contributed by atoms with Crippen molar-refractivity contribution in [1.29, 1.82) is 0 Å². The molecule has 0 saturated heterocycles. The standard InChI is InChI=1S/C23H24N2O/c1-15-23(19-9-5-6-10-21(19)25-15)17(14-24)13-20-18-8-4-3-7-16(18)11-12-22(20)26-2/h3-12,17,25H,13-14,24H2,1-2H3. The van der Waals surface area contributed by atoms with Crippen molar-refractivity contribution in [2.75, 3.05) is 13.7 Å². The molecule has 4 rings (SSSR count). The Labute approximate surface area is 153 Å². The van der Waals surface area contributed by atoms with Gasteiger partial charge in [0.1, 0.15) is 5.75 Å². The van der Waals surface area contributed by atoms with E-state index >= 15 is 0 Å². The van der Waals surface area contributed by atoms with Gasteiger partial charge in [0.05, 0.1) is 7.11 Å². The second-order valence-corrected chi connectivity index (χ2v) is 6.81. The van der Waals surface area contributed by atoms with Crippen LogP contribution in [0, 0.1) is 6.92 Å². The molecular formula is C23H24N2O. The molecule has 3 aromatic carbocycles. The van der Waals surface area contributed by atoms with Gasteiger partial charge in [-0.05, 0) is 48.4 Å². The Hall–Kier alpha value is -2.78. The minimum atomic E-state index is 0.228. The number of nitrogens with one attached hydrogen (secondary N) is 1. The van der Waals surface area contributed by atoms with Crippen LogP contribution in [0.3, 0.4) is 0 Å². The molecule has 1 atom stereocenters. The summed E-state index contributed by atoms with van der Waals surface area (Å²) >= 11 is 0. The number of aryl methyl sites for hydroxylation is 1. The lowest BCUT2D eigenvalue weighted by Gasteiger charge is -2.19. The van der Waals surface area contributed by atoms with Crippen LogP contribution in [-0.2, 0) is 6.42 Å². The summed E-state index contributed by atoms with van der Waals surface area (Å²) in [4.78, 5) is 3.51. The molecule has 0 amide bonds. The van der Waals surface area contributed by atoms with Gasteiger partial charge < -0.3 is 15.5 Å². The van der Waals surface area contributed by atoms with Crippen LogP contribution in [0.5, 0.6) is 5.75 Å². The van der Waals surface area contributed by atoms with E-state index in [4.69, 9.17) is 10.5 Å². The number of H-pyrrole nitrogens is 1. The second-order valence-electron chi connectivity index (χ2n) is 6.81. The highest BCUT2D eigenvalue weighted by molar-refractivity contribution is 5.88. The maximum absolute atomic E-state index is 6.25. The van der Waals surface area contributed by atoms with Crippen molar-refractivity contribution in [2.45, 2.75) is 19.3 Å². The van der Waals surface area contributed by atoms with E-state index in [0.29, 0.717) is 6.54 Å². The summed E-state index contributed by atoms with van der Waals surface area (Å²) < 4.78 is 5.69. The fourth-order valence-electron chi connectivity index (χ4n) is 4.09. The van der Waals surface area contributed by atoms with Crippen LogP contribution in [0.4, 0.5) is 0 Å².